The minimum absolute atomic E-state index is 0.0207. The summed E-state index contributed by atoms with van der Waals surface area (Å²) in [5.74, 6) is -1.18. The molecule has 1 heterocycles. The van der Waals surface area contributed by atoms with Crippen molar-refractivity contribution in [3.8, 4) is 11.5 Å². The Hall–Kier alpha value is -3.61. The summed E-state index contributed by atoms with van der Waals surface area (Å²) in [6, 6.07) is 12.6. The van der Waals surface area contributed by atoms with Crippen molar-refractivity contribution in [3.05, 3.63) is 65.2 Å². The highest BCUT2D eigenvalue weighted by molar-refractivity contribution is 6.46. The molecule has 0 spiro atoms. The number of hydrogen-bond donors (Lipinski definition) is 1. The largest absolute Gasteiger partial charge is 0.507 e. The smallest absolute Gasteiger partial charge is 0.308 e. The fourth-order valence-electron chi connectivity index (χ4n) is 3.64. The highest BCUT2D eigenvalue weighted by Crippen LogP contribution is 2.40. The minimum Gasteiger partial charge on any atom is -0.507 e. The van der Waals surface area contributed by atoms with Crippen molar-refractivity contribution in [2.45, 2.75) is 33.2 Å². The maximum atomic E-state index is 12.9. The van der Waals surface area contributed by atoms with Gasteiger partial charge in [-0.3, -0.25) is 14.4 Å². The predicted molar refractivity (Wildman–Crippen MR) is 115 cm³/mol. The molecule has 0 saturated carbocycles. The van der Waals surface area contributed by atoms with Crippen LogP contribution in [0.1, 0.15) is 44.4 Å². The van der Waals surface area contributed by atoms with Crippen LogP contribution < -0.4 is 9.47 Å². The molecular formula is C24H25NO6. The Labute approximate surface area is 180 Å². The van der Waals surface area contributed by atoms with E-state index in [2.05, 4.69) is 0 Å². The molecule has 0 bridgehead atoms. The second-order valence-electron chi connectivity index (χ2n) is 7.12. The van der Waals surface area contributed by atoms with E-state index in [4.69, 9.17) is 9.47 Å². The average molecular weight is 423 g/mol. The molecule has 0 aliphatic carbocycles. The lowest BCUT2D eigenvalue weighted by Crippen LogP contribution is -2.30. The third-order valence-electron chi connectivity index (χ3n) is 4.88. The molecular weight excluding hydrogens is 398 g/mol. The van der Waals surface area contributed by atoms with E-state index >= 15 is 0 Å². The fraction of sp³-hybridized carbons (Fsp3) is 0.292. The number of hydrogen-bond acceptors (Lipinski definition) is 6. The lowest BCUT2D eigenvalue weighted by molar-refractivity contribution is -0.139. The van der Waals surface area contributed by atoms with Crippen LogP contribution in [0.5, 0.6) is 11.5 Å². The Kier molecular flexibility index (Phi) is 6.74. The summed E-state index contributed by atoms with van der Waals surface area (Å²) >= 11 is 0. The molecule has 0 aromatic heterocycles. The van der Waals surface area contributed by atoms with Gasteiger partial charge in [0.05, 0.1) is 18.2 Å². The number of esters is 1. The summed E-state index contributed by atoms with van der Waals surface area (Å²) < 4.78 is 10.6. The Bertz CT molecular complexity index is 1020. The zero-order valence-electron chi connectivity index (χ0n) is 17.8. The Morgan fingerprint density at radius 1 is 1.06 bits per heavy atom. The summed E-state index contributed by atoms with van der Waals surface area (Å²) in [5.41, 5.74) is 1.04. The maximum absolute atomic E-state index is 12.9. The SMILES string of the molecule is CCCN1C(=O)C(=O)/C(=C(\O)c2cccc(OCC)c2)C1c1ccc(OC(C)=O)cc1. The molecule has 1 N–H and O–H groups in total. The summed E-state index contributed by atoms with van der Waals surface area (Å²) in [5, 5.41) is 11.0. The summed E-state index contributed by atoms with van der Waals surface area (Å²) in [7, 11) is 0. The summed E-state index contributed by atoms with van der Waals surface area (Å²) in [4.78, 5) is 38.3. The van der Waals surface area contributed by atoms with Gasteiger partial charge in [-0.1, -0.05) is 31.2 Å². The monoisotopic (exact) mass is 423 g/mol. The van der Waals surface area contributed by atoms with E-state index < -0.39 is 23.7 Å². The van der Waals surface area contributed by atoms with Gasteiger partial charge in [0.25, 0.3) is 11.7 Å². The molecule has 7 nitrogen and oxygen atoms in total. The number of aliphatic hydroxyl groups excluding tert-OH is 1. The van der Waals surface area contributed by atoms with Crippen LogP contribution in [0, 0.1) is 0 Å². The van der Waals surface area contributed by atoms with Gasteiger partial charge in [-0.15, -0.1) is 0 Å². The number of benzene rings is 2. The van der Waals surface area contributed by atoms with Gasteiger partial charge in [-0.05, 0) is 43.2 Å². The van der Waals surface area contributed by atoms with Crippen molar-refractivity contribution in [2.24, 2.45) is 0 Å². The van der Waals surface area contributed by atoms with Gasteiger partial charge in [-0.25, -0.2) is 0 Å². The molecule has 3 rings (SSSR count). The quantitative estimate of drug-likeness (QED) is 0.239. The maximum Gasteiger partial charge on any atom is 0.308 e. The van der Waals surface area contributed by atoms with E-state index in [-0.39, 0.29) is 11.3 Å². The van der Waals surface area contributed by atoms with Crippen molar-refractivity contribution in [1.29, 1.82) is 0 Å². The normalized spacial score (nSPS) is 17.6. The van der Waals surface area contributed by atoms with E-state index in [1.54, 1.807) is 48.5 Å². The molecule has 1 aliphatic heterocycles. The number of ketones is 1. The first-order valence-electron chi connectivity index (χ1n) is 10.2. The summed E-state index contributed by atoms with van der Waals surface area (Å²) in [6.45, 7) is 5.88. The molecule has 162 valence electrons. The number of ether oxygens (including phenoxy) is 2. The van der Waals surface area contributed by atoms with Gasteiger partial charge in [0.2, 0.25) is 0 Å². The zero-order valence-corrected chi connectivity index (χ0v) is 17.8. The minimum atomic E-state index is -0.748. The van der Waals surface area contributed by atoms with Crippen LogP contribution in [-0.2, 0) is 14.4 Å². The van der Waals surface area contributed by atoms with Crippen molar-refractivity contribution in [1.82, 2.24) is 4.90 Å². The predicted octanol–water partition coefficient (Wildman–Crippen LogP) is 3.84. The Balaban J connectivity index is 2.10. The van der Waals surface area contributed by atoms with Crippen LogP contribution in [0.4, 0.5) is 0 Å². The third kappa shape index (κ3) is 4.60. The van der Waals surface area contributed by atoms with E-state index in [1.807, 2.05) is 13.8 Å². The first kappa shape index (κ1) is 22.1. The van der Waals surface area contributed by atoms with Crippen molar-refractivity contribution < 1.29 is 29.0 Å². The molecule has 7 heteroatoms. The Morgan fingerprint density at radius 2 is 1.77 bits per heavy atom. The van der Waals surface area contributed by atoms with Crippen LogP contribution >= 0.6 is 0 Å². The van der Waals surface area contributed by atoms with E-state index in [0.717, 1.165) is 0 Å². The van der Waals surface area contributed by atoms with Gasteiger partial charge >= 0.3 is 5.97 Å². The third-order valence-corrected chi connectivity index (χ3v) is 4.88. The van der Waals surface area contributed by atoms with Gasteiger partial charge in [0.15, 0.2) is 0 Å². The number of likely N-dealkylation sites (tertiary alicyclic amines) is 1. The van der Waals surface area contributed by atoms with E-state index in [9.17, 15) is 19.5 Å². The molecule has 1 fully saturated rings. The van der Waals surface area contributed by atoms with Crippen molar-refractivity contribution >= 4 is 23.4 Å². The molecule has 1 amide bonds. The molecule has 1 aliphatic rings. The molecule has 1 unspecified atom stereocenters. The number of Topliss-reactive ketones (excluding diaryl/α,β-unsaturated/α-hetero) is 1. The van der Waals surface area contributed by atoms with Gasteiger partial charge < -0.3 is 19.5 Å². The lowest BCUT2D eigenvalue weighted by atomic mass is 9.95. The zero-order chi connectivity index (χ0) is 22.5. The van der Waals surface area contributed by atoms with Crippen LogP contribution in [0.15, 0.2) is 54.1 Å². The average Bonchev–Trinajstić information content (AvgIpc) is 2.99. The molecule has 2 aromatic carbocycles. The van der Waals surface area contributed by atoms with Gasteiger partial charge in [0, 0.05) is 19.0 Å². The fourth-order valence-corrected chi connectivity index (χ4v) is 3.64. The molecule has 1 saturated heterocycles. The topological polar surface area (TPSA) is 93.1 Å². The highest BCUT2D eigenvalue weighted by atomic mass is 16.5. The highest BCUT2D eigenvalue weighted by Gasteiger charge is 2.45. The van der Waals surface area contributed by atoms with Crippen LogP contribution in [-0.4, -0.2) is 40.8 Å². The van der Waals surface area contributed by atoms with E-state index in [1.165, 1.54) is 11.8 Å². The second-order valence-corrected chi connectivity index (χ2v) is 7.12. The summed E-state index contributed by atoms with van der Waals surface area (Å²) in [6.07, 6.45) is 0.648. The number of carbonyl (C=O) groups excluding carboxylic acids is 3. The molecule has 31 heavy (non-hydrogen) atoms. The van der Waals surface area contributed by atoms with E-state index in [0.29, 0.717) is 42.2 Å². The number of rotatable bonds is 7. The van der Waals surface area contributed by atoms with Crippen LogP contribution in [0.3, 0.4) is 0 Å². The number of aliphatic hydroxyl groups is 1. The standard InChI is InChI=1S/C24H25NO6/c1-4-13-25-21(16-9-11-18(12-10-16)31-15(3)26)20(23(28)24(25)29)22(27)17-7-6-8-19(14-17)30-5-2/h6-12,14,21,27H,4-5,13H2,1-3H3/b22-20-. The van der Waals surface area contributed by atoms with Crippen LogP contribution in [0.2, 0.25) is 0 Å². The first-order valence-corrected chi connectivity index (χ1v) is 10.2. The van der Waals surface area contributed by atoms with Crippen LogP contribution in [0.25, 0.3) is 5.76 Å². The number of amides is 1. The van der Waals surface area contributed by atoms with Crippen molar-refractivity contribution in [2.75, 3.05) is 13.2 Å². The first-order chi connectivity index (χ1) is 14.9. The van der Waals surface area contributed by atoms with Crippen molar-refractivity contribution in [3.63, 3.8) is 0 Å². The second kappa shape index (κ2) is 9.47. The lowest BCUT2D eigenvalue weighted by Gasteiger charge is -2.25. The van der Waals surface area contributed by atoms with Gasteiger partial charge in [-0.2, -0.15) is 0 Å². The van der Waals surface area contributed by atoms with Gasteiger partial charge in [0.1, 0.15) is 17.3 Å². The number of nitrogens with zero attached hydrogens (tertiary/aromatic N) is 1. The molecule has 0 radical (unpaired) electrons. The number of carbonyl (C=O) groups is 3. The molecule has 2 aromatic rings. The molecule has 1 atom stereocenters. The Morgan fingerprint density at radius 3 is 2.39 bits per heavy atom.